The molecule has 5 heteroatoms. The molecule has 4 nitrogen and oxygen atoms in total. The Morgan fingerprint density at radius 3 is 2.62 bits per heavy atom. The van der Waals surface area contributed by atoms with E-state index in [1.54, 1.807) is 32.4 Å². The van der Waals surface area contributed by atoms with Crippen molar-refractivity contribution in [2.24, 2.45) is 0 Å². The second kappa shape index (κ2) is 5.65. The Morgan fingerprint density at radius 1 is 1.44 bits per heavy atom. The summed E-state index contributed by atoms with van der Waals surface area (Å²) in [5.41, 5.74) is 0.768. The number of hydrogen-bond acceptors (Lipinski definition) is 4. The first-order valence-electron chi connectivity index (χ1n) is 4.70. The summed E-state index contributed by atoms with van der Waals surface area (Å²) < 4.78 is 10.2. The lowest BCUT2D eigenvalue weighted by atomic mass is 10.1. The third kappa shape index (κ3) is 3.06. The van der Waals surface area contributed by atoms with E-state index in [1.807, 2.05) is 0 Å². The fourth-order valence-corrected chi connectivity index (χ4v) is 1.53. The molecule has 0 fully saturated rings. The SMILES string of the molecule is COc1ccc(OC)c(CC(S)C(=O)O)c1. The number of benzene rings is 1. The van der Waals surface area contributed by atoms with E-state index in [4.69, 9.17) is 14.6 Å². The number of carbonyl (C=O) groups is 1. The van der Waals surface area contributed by atoms with Crippen LogP contribution in [0, 0.1) is 0 Å². The summed E-state index contributed by atoms with van der Waals surface area (Å²) in [6.45, 7) is 0. The van der Waals surface area contributed by atoms with E-state index < -0.39 is 11.2 Å². The lowest BCUT2D eigenvalue weighted by molar-refractivity contribution is -0.136. The van der Waals surface area contributed by atoms with E-state index in [0.717, 1.165) is 5.56 Å². The highest BCUT2D eigenvalue weighted by Gasteiger charge is 2.16. The molecule has 0 aliphatic rings. The molecule has 1 rings (SSSR count). The predicted molar refractivity (Wildman–Crippen MR) is 63.7 cm³/mol. The molecule has 1 aromatic carbocycles. The maximum atomic E-state index is 10.7. The van der Waals surface area contributed by atoms with Crippen LogP contribution in [-0.2, 0) is 11.2 Å². The first-order valence-corrected chi connectivity index (χ1v) is 5.22. The van der Waals surface area contributed by atoms with Crippen LogP contribution in [0.3, 0.4) is 0 Å². The fourth-order valence-electron chi connectivity index (χ4n) is 1.34. The Morgan fingerprint density at radius 2 is 2.12 bits per heavy atom. The quantitative estimate of drug-likeness (QED) is 0.771. The van der Waals surface area contributed by atoms with Crippen molar-refractivity contribution in [1.82, 2.24) is 0 Å². The Balaban J connectivity index is 2.95. The Labute approximate surface area is 99.6 Å². The number of methoxy groups -OCH3 is 2. The van der Waals surface area contributed by atoms with Crippen LogP contribution in [0.15, 0.2) is 18.2 Å². The van der Waals surface area contributed by atoms with Gasteiger partial charge < -0.3 is 14.6 Å². The van der Waals surface area contributed by atoms with E-state index >= 15 is 0 Å². The van der Waals surface area contributed by atoms with Gasteiger partial charge in [0, 0.05) is 0 Å². The number of hydrogen-bond donors (Lipinski definition) is 2. The largest absolute Gasteiger partial charge is 0.497 e. The lowest BCUT2D eigenvalue weighted by Crippen LogP contribution is -2.16. The molecule has 1 aromatic rings. The average molecular weight is 242 g/mol. The van der Waals surface area contributed by atoms with Crippen molar-refractivity contribution in [3.8, 4) is 11.5 Å². The molecule has 0 heterocycles. The van der Waals surface area contributed by atoms with Gasteiger partial charge in [-0.2, -0.15) is 12.6 Å². The molecule has 1 unspecified atom stereocenters. The normalized spacial score (nSPS) is 11.9. The molecule has 0 spiro atoms. The average Bonchev–Trinajstić information content (AvgIpc) is 2.28. The Hall–Kier alpha value is -1.36. The van der Waals surface area contributed by atoms with Gasteiger partial charge in [0.15, 0.2) is 0 Å². The summed E-state index contributed by atoms with van der Waals surface area (Å²) >= 11 is 3.99. The minimum Gasteiger partial charge on any atom is -0.497 e. The molecule has 0 saturated heterocycles. The molecule has 0 aromatic heterocycles. The van der Waals surface area contributed by atoms with Gasteiger partial charge in [0.1, 0.15) is 16.7 Å². The standard InChI is InChI=1S/C11H14O4S/c1-14-8-3-4-9(15-2)7(5-8)6-10(16)11(12)13/h3-5,10,16H,6H2,1-2H3,(H,12,13). The molecule has 1 N–H and O–H groups in total. The molecule has 1 atom stereocenters. The predicted octanol–water partition coefficient (Wildman–Crippen LogP) is 1.63. The lowest BCUT2D eigenvalue weighted by Gasteiger charge is -2.12. The highest BCUT2D eigenvalue weighted by Crippen LogP contribution is 2.26. The summed E-state index contributed by atoms with van der Waals surface area (Å²) in [7, 11) is 3.10. The second-order valence-electron chi connectivity index (χ2n) is 3.24. The number of ether oxygens (including phenoxy) is 2. The maximum Gasteiger partial charge on any atom is 0.316 e. The summed E-state index contributed by atoms with van der Waals surface area (Å²) in [6, 6.07) is 5.26. The number of rotatable bonds is 5. The topological polar surface area (TPSA) is 55.8 Å². The van der Waals surface area contributed by atoms with Gasteiger partial charge in [-0.05, 0) is 30.2 Å². The first-order chi connectivity index (χ1) is 7.58. The first kappa shape index (κ1) is 12.7. The summed E-state index contributed by atoms with van der Waals surface area (Å²) in [5.74, 6) is 0.357. The van der Waals surface area contributed by atoms with E-state index in [9.17, 15) is 4.79 Å². The van der Waals surface area contributed by atoms with Gasteiger partial charge in [0.2, 0.25) is 0 Å². The highest BCUT2D eigenvalue weighted by molar-refractivity contribution is 7.81. The molecule has 16 heavy (non-hydrogen) atoms. The van der Waals surface area contributed by atoms with Crippen LogP contribution >= 0.6 is 12.6 Å². The number of carboxylic acid groups (broad SMARTS) is 1. The molecule has 0 radical (unpaired) electrons. The molecule has 88 valence electrons. The van der Waals surface area contributed by atoms with Gasteiger partial charge in [-0.25, -0.2) is 0 Å². The van der Waals surface area contributed by atoms with Gasteiger partial charge >= 0.3 is 5.97 Å². The van der Waals surface area contributed by atoms with E-state index in [1.165, 1.54) is 0 Å². The van der Waals surface area contributed by atoms with Gasteiger partial charge in [-0.15, -0.1) is 0 Å². The molecule has 0 aliphatic heterocycles. The molecular formula is C11H14O4S. The Bertz CT molecular complexity index is 378. The van der Waals surface area contributed by atoms with Crippen LogP contribution in [0.4, 0.5) is 0 Å². The number of thiol groups is 1. The van der Waals surface area contributed by atoms with E-state index in [2.05, 4.69) is 12.6 Å². The van der Waals surface area contributed by atoms with Crippen molar-refractivity contribution < 1.29 is 19.4 Å². The van der Waals surface area contributed by atoms with Crippen molar-refractivity contribution in [2.45, 2.75) is 11.7 Å². The zero-order valence-electron chi connectivity index (χ0n) is 9.14. The number of carboxylic acids is 1. The van der Waals surface area contributed by atoms with Crippen LogP contribution in [0.1, 0.15) is 5.56 Å². The molecular weight excluding hydrogens is 228 g/mol. The summed E-state index contributed by atoms with van der Waals surface area (Å²) in [4.78, 5) is 10.7. The van der Waals surface area contributed by atoms with Crippen molar-refractivity contribution in [3.05, 3.63) is 23.8 Å². The van der Waals surface area contributed by atoms with Crippen LogP contribution in [0.25, 0.3) is 0 Å². The van der Waals surface area contributed by atoms with Crippen LogP contribution in [0.5, 0.6) is 11.5 Å². The third-order valence-electron chi connectivity index (χ3n) is 2.19. The van der Waals surface area contributed by atoms with Gasteiger partial charge in [0.05, 0.1) is 14.2 Å². The molecule has 0 bridgehead atoms. The van der Waals surface area contributed by atoms with Gasteiger partial charge in [0.25, 0.3) is 0 Å². The van der Waals surface area contributed by atoms with E-state index in [-0.39, 0.29) is 0 Å². The van der Waals surface area contributed by atoms with Crippen molar-refractivity contribution in [1.29, 1.82) is 0 Å². The maximum absolute atomic E-state index is 10.7. The minimum atomic E-state index is -0.951. The van der Waals surface area contributed by atoms with E-state index in [0.29, 0.717) is 17.9 Å². The highest BCUT2D eigenvalue weighted by atomic mass is 32.1. The van der Waals surface area contributed by atoms with Crippen molar-refractivity contribution in [3.63, 3.8) is 0 Å². The molecule has 0 saturated carbocycles. The second-order valence-corrected chi connectivity index (χ2v) is 3.86. The van der Waals surface area contributed by atoms with Gasteiger partial charge in [-0.1, -0.05) is 0 Å². The van der Waals surface area contributed by atoms with Gasteiger partial charge in [-0.3, -0.25) is 4.79 Å². The monoisotopic (exact) mass is 242 g/mol. The zero-order valence-corrected chi connectivity index (χ0v) is 10.0. The van der Waals surface area contributed by atoms with Crippen LogP contribution in [-0.4, -0.2) is 30.5 Å². The van der Waals surface area contributed by atoms with Crippen molar-refractivity contribution >= 4 is 18.6 Å². The zero-order chi connectivity index (χ0) is 12.1. The molecule has 0 aliphatic carbocycles. The molecule has 0 amide bonds. The smallest absolute Gasteiger partial charge is 0.316 e. The third-order valence-corrected chi connectivity index (χ3v) is 2.59. The summed E-state index contributed by atoms with van der Waals surface area (Å²) in [6.07, 6.45) is 0.290. The van der Waals surface area contributed by atoms with Crippen LogP contribution in [0.2, 0.25) is 0 Å². The van der Waals surface area contributed by atoms with Crippen LogP contribution < -0.4 is 9.47 Å². The minimum absolute atomic E-state index is 0.290. The Kier molecular flexibility index (Phi) is 4.49. The van der Waals surface area contributed by atoms with Crippen molar-refractivity contribution in [2.75, 3.05) is 14.2 Å². The number of aliphatic carboxylic acids is 1. The fraction of sp³-hybridized carbons (Fsp3) is 0.364. The summed E-state index contributed by atoms with van der Waals surface area (Å²) in [5, 5.41) is 8.04.